The van der Waals surface area contributed by atoms with Gasteiger partial charge in [-0.2, -0.15) is 0 Å². The summed E-state index contributed by atoms with van der Waals surface area (Å²) in [5.41, 5.74) is -0.576. The van der Waals surface area contributed by atoms with E-state index in [4.69, 9.17) is 9.47 Å². The van der Waals surface area contributed by atoms with Gasteiger partial charge in [-0.25, -0.2) is 4.79 Å². The molecule has 0 radical (unpaired) electrons. The third kappa shape index (κ3) is 2.66. The summed E-state index contributed by atoms with van der Waals surface area (Å²) in [6.45, 7) is 4.49. The van der Waals surface area contributed by atoms with Crippen LogP contribution in [0.25, 0.3) is 0 Å². The average Bonchev–Trinajstić information content (AvgIpc) is 2.47. The molecule has 2 rings (SSSR count). The van der Waals surface area contributed by atoms with Crippen molar-refractivity contribution >= 4 is 5.97 Å². The summed E-state index contributed by atoms with van der Waals surface area (Å²) in [7, 11) is 0. The molecule has 0 aliphatic carbocycles. The van der Waals surface area contributed by atoms with Gasteiger partial charge in [0.15, 0.2) is 5.60 Å². The first kappa shape index (κ1) is 14.9. The first-order valence-electron chi connectivity index (χ1n) is 7.24. The molecule has 1 aromatic rings. The van der Waals surface area contributed by atoms with Crippen LogP contribution in [0.5, 0.6) is 5.75 Å². The van der Waals surface area contributed by atoms with Crippen molar-refractivity contribution in [2.45, 2.75) is 44.6 Å². The lowest BCUT2D eigenvalue weighted by Gasteiger charge is -2.37. The summed E-state index contributed by atoms with van der Waals surface area (Å²) in [6, 6.07) is 7.58. The lowest BCUT2D eigenvalue weighted by atomic mass is 9.76. The zero-order valence-corrected chi connectivity index (χ0v) is 12.1. The SMILES string of the molecule is CCCC(O)(C(=O)OCC)C1CCOc2ccccc21. The highest BCUT2D eigenvalue weighted by Crippen LogP contribution is 2.42. The molecule has 1 heterocycles. The van der Waals surface area contributed by atoms with Crippen LogP contribution in [-0.4, -0.2) is 29.9 Å². The Morgan fingerprint density at radius 2 is 2.20 bits per heavy atom. The Morgan fingerprint density at radius 3 is 2.90 bits per heavy atom. The molecule has 1 aliphatic rings. The molecule has 0 spiro atoms. The topological polar surface area (TPSA) is 55.8 Å². The van der Waals surface area contributed by atoms with Crippen molar-refractivity contribution in [1.29, 1.82) is 0 Å². The second-order valence-corrected chi connectivity index (χ2v) is 5.12. The number of hydrogen-bond donors (Lipinski definition) is 1. The molecule has 0 amide bonds. The number of esters is 1. The maximum absolute atomic E-state index is 12.3. The molecule has 1 aromatic carbocycles. The van der Waals surface area contributed by atoms with Crippen molar-refractivity contribution in [2.24, 2.45) is 0 Å². The predicted molar refractivity (Wildman–Crippen MR) is 75.8 cm³/mol. The van der Waals surface area contributed by atoms with E-state index < -0.39 is 11.6 Å². The Balaban J connectivity index is 2.38. The van der Waals surface area contributed by atoms with E-state index in [0.29, 0.717) is 19.4 Å². The molecule has 2 unspecified atom stereocenters. The molecule has 20 heavy (non-hydrogen) atoms. The van der Waals surface area contributed by atoms with Crippen LogP contribution in [0.3, 0.4) is 0 Å². The summed E-state index contributed by atoms with van der Waals surface area (Å²) in [4.78, 5) is 12.3. The molecule has 1 aliphatic heterocycles. The molecule has 1 N–H and O–H groups in total. The second kappa shape index (κ2) is 6.27. The quantitative estimate of drug-likeness (QED) is 0.841. The molecule has 2 atom stereocenters. The van der Waals surface area contributed by atoms with Gasteiger partial charge in [0.2, 0.25) is 0 Å². The molecular formula is C16H22O4. The Kier molecular flexibility index (Phi) is 4.65. The van der Waals surface area contributed by atoms with Crippen LogP contribution in [0.1, 0.15) is 44.6 Å². The molecule has 0 saturated heterocycles. The molecule has 110 valence electrons. The average molecular weight is 278 g/mol. The van der Waals surface area contributed by atoms with Gasteiger partial charge in [-0.1, -0.05) is 31.5 Å². The van der Waals surface area contributed by atoms with E-state index in [1.807, 2.05) is 31.2 Å². The van der Waals surface area contributed by atoms with Gasteiger partial charge in [0.1, 0.15) is 5.75 Å². The fourth-order valence-electron chi connectivity index (χ4n) is 2.89. The van der Waals surface area contributed by atoms with Crippen LogP contribution in [0, 0.1) is 0 Å². The highest BCUT2D eigenvalue weighted by molar-refractivity contribution is 5.81. The van der Waals surface area contributed by atoms with Crippen LogP contribution >= 0.6 is 0 Å². The first-order chi connectivity index (χ1) is 9.63. The fraction of sp³-hybridized carbons (Fsp3) is 0.562. The van der Waals surface area contributed by atoms with Gasteiger partial charge in [0, 0.05) is 11.5 Å². The Labute approximate surface area is 119 Å². The van der Waals surface area contributed by atoms with Crippen LogP contribution in [0.4, 0.5) is 0 Å². The summed E-state index contributed by atoms with van der Waals surface area (Å²) < 4.78 is 10.7. The molecule has 0 aromatic heterocycles. The third-order valence-corrected chi connectivity index (χ3v) is 3.80. The lowest BCUT2D eigenvalue weighted by molar-refractivity contribution is -0.169. The number of para-hydroxylation sites is 1. The maximum Gasteiger partial charge on any atom is 0.338 e. The largest absolute Gasteiger partial charge is 0.493 e. The number of carbonyl (C=O) groups excluding carboxylic acids is 1. The van der Waals surface area contributed by atoms with Crippen LogP contribution in [0.2, 0.25) is 0 Å². The van der Waals surface area contributed by atoms with Crippen LogP contribution in [-0.2, 0) is 9.53 Å². The van der Waals surface area contributed by atoms with Gasteiger partial charge < -0.3 is 14.6 Å². The summed E-state index contributed by atoms with van der Waals surface area (Å²) in [6.07, 6.45) is 1.73. The number of hydrogen-bond acceptors (Lipinski definition) is 4. The van der Waals surface area contributed by atoms with Crippen molar-refractivity contribution in [3.8, 4) is 5.75 Å². The van der Waals surface area contributed by atoms with E-state index in [2.05, 4.69) is 0 Å². The summed E-state index contributed by atoms with van der Waals surface area (Å²) >= 11 is 0. The number of carbonyl (C=O) groups is 1. The maximum atomic E-state index is 12.3. The molecule has 0 fully saturated rings. The van der Waals surface area contributed by atoms with Gasteiger partial charge in [-0.3, -0.25) is 0 Å². The van der Waals surface area contributed by atoms with Gasteiger partial charge in [-0.15, -0.1) is 0 Å². The van der Waals surface area contributed by atoms with E-state index in [1.165, 1.54) is 0 Å². The van der Waals surface area contributed by atoms with Gasteiger partial charge in [0.25, 0.3) is 0 Å². The van der Waals surface area contributed by atoms with E-state index in [1.54, 1.807) is 6.92 Å². The lowest BCUT2D eigenvalue weighted by Crippen LogP contribution is -2.47. The number of benzene rings is 1. The van der Waals surface area contributed by atoms with Gasteiger partial charge in [-0.05, 0) is 25.8 Å². The molecule has 0 bridgehead atoms. The Bertz CT molecular complexity index is 471. The Hall–Kier alpha value is -1.55. The third-order valence-electron chi connectivity index (χ3n) is 3.80. The van der Waals surface area contributed by atoms with E-state index >= 15 is 0 Å². The zero-order valence-electron chi connectivity index (χ0n) is 12.1. The Morgan fingerprint density at radius 1 is 1.45 bits per heavy atom. The highest BCUT2D eigenvalue weighted by atomic mass is 16.5. The summed E-state index contributed by atoms with van der Waals surface area (Å²) in [5.74, 6) is -0.0439. The van der Waals surface area contributed by atoms with Crippen molar-refractivity contribution in [3.05, 3.63) is 29.8 Å². The molecular weight excluding hydrogens is 256 g/mol. The zero-order chi connectivity index (χ0) is 14.6. The van der Waals surface area contributed by atoms with Crippen LogP contribution in [0.15, 0.2) is 24.3 Å². The minimum atomic E-state index is -1.47. The van der Waals surface area contributed by atoms with Crippen molar-refractivity contribution in [2.75, 3.05) is 13.2 Å². The van der Waals surface area contributed by atoms with Gasteiger partial charge >= 0.3 is 5.97 Å². The van der Waals surface area contributed by atoms with E-state index in [0.717, 1.165) is 17.7 Å². The summed E-state index contributed by atoms with van der Waals surface area (Å²) in [5, 5.41) is 11.0. The number of fused-ring (bicyclic) bond motifs is 1. The molecule has 4 nitrogen and oxygen atoms in total. The van der Waals surface area contributed by atoms with Gasteiger partial charge in [0.05, 0.1) is 13.2 Å². The minimum absolute atomic E-state index is 0.272. The van der Waals surface area contributed by atoms with Crippen molar-refractivity contribution in [3.63, 3.8) is 0 Å². The van der Waals surface area contributed by atoms with Crippen molar-refractivity contribution in [1.82, 2.24) is 0 Å². The number of rotatable bonds is 5. The van der Waals surface area contributed by atoms with E-state index in [9.17, 15) is 9.90 Å². The van der Waals surface area contributed by atoms with Crippen molar-refractivity contribution < 1.29 is 19.4 Å². The second-order valence-electron chi connectivity index (χ2n) is 5.12. The smallest absolute Gasteiger partial charge is 0.338 e. The van der Waals surface area contributed by atoms with E-state index in [-0.39, 0.29) is 12.5 Å². The number of ether oxygens (including phenoxy) is 2. The predicted octanol–water partition coefficient (Wildman–Crippen LogP) is 2.65. The van der Waals surface area contributed by atoms with Crippen LogP contribution < -0.4 is 4.74 Å². The molecule has 4 heteroatoms. The monoisotopic (exact) mass is 278 g/mol. The first-order valence-corrected chi connectivity index (χ1v) is 7.24. The number of aliphatic hydroxyl groups is 1. The normalized spacial score (nSPS) is 20.4. The standard InChI is InChI=1S/C16H22O4/c1-3-10-16(18,15(17)19-4-2)13-9-11-20-14-8-6-5-7-12(13)14/h5-8,13,18H,3-4,9-11H2,1-2H3. The minimum Gasteiger partial charge on any atom is -0.493 e. The fourth-order valence-corrected chi connectivity index (χ4v) is 2.89. The highest BCUT2D eigenvalue weighted by Gasteiger charge is 2.47. The molecule has 0 saturated carbocycles.